The van der Waals surface area contributed by atoms with Gasteiger partial charge in [0, 0.05) is 0 Å². The van der Waals surface area contributed by atoms with E-state index in [1.54, 1.807) is 0 Å². The second kappa shape index (κ2) is 11.8. The van der Waals surface area contributed by atoms with Crippen LogP contribution in [0.15, 0.2) is 12.1 Å². The SMILES string of the molecule is CCCCCCCCC(CCc1cc(F)c(F)c(F)c1)C(O)(C(C)C)C(C)C. The van der Waals surface area contributed by atoms with Crippen molar-refractivity contribution < 1.29 is 18.3 Å². The Labute approximate surface area is 169 Å². The van der Waals surface area contributed by atoms with E-state index in [4.69, 9.17) is 0 Å². The van der Waals surface area contributed by atoms with Gasteiger partial charge in [-0.2, -0.15) is 0 Å². The lowest BCUT2D eigenvalue weighted by Gasteiger charge is -2.43. The Morgan fingerprint density at radius 3 is 1.82 bits per heavy atom. The molecule has 0 bridgehead atoms. The highest BCUT2D eigenvalue weighted by Gasteiger charge is 2.41. The van der Waals surface area contributed by atoms with Gasteiger partial charge in [-0.1, -0.05) is 73.1 Å². The van der Waals surface area contributed by atoms with Crippen LogP contribution < -0.4 is 0 Å². The van der Waals surface area contributed by atoms with Crippen molar-refractivity contribution in [1.29, 1.82) is 0 Å². The zero-order chi connectivity index (χ0) is 21.3. The molecule has 1 nitrogen and oxygen atoms in total. The van der Waals surface area contributed by atoms with Gasteiger partial charge in [-0.3, -0.25) is 0 Å². The number of hydrogen-bond donors (Lipinski definition) is 1. The van der Waals surface area contributed by atoms with Crippen molar-refractivity contribution in [2.45, 2.75) is 98.0 Å². The summed E-state index contributed by atoms with van der Waals surface area (Å²) < 4.78 is 40.3. The van der Waals surface area contributed by atoms with Crippen LogP contribution in [0.4, 0.5) is 13.2 Å². The molecule has 28 heavy (non-hydrogen) atoms. The summed E-state index contributed by atoms with van der Waals surface area (Å²) in [4.78, 5) is 0. The fourth-order valence-electron chi connectivity index (χ4n) is 4.48. The normalized spacial score (nSPS) is 13.5. The molecule has 0 fully saturated rings. The monoisotopic (exact) mass is 400 g/mol. The van der Waals surface area contributed by atoms with Crippen molar-refractivity contribution in [2.75, 3.05) is 0 Å². The van der Waals surface area contributed by atoms with Crippen LogP contribution in [0.2, 0.25) is 0 Å². The van der Waals surface area contributed by atoms with E-state index in [-0.39, 0.29) is 17.8 Å². The Morgan fingerprint density at radius 2 is 1.32 bits per heavy atom. The molecule has 0 radical (unpaired) electrons. The van der Waals surface area contributed by atoms with E-state index >= 15 is 0 Å². The van der Waals surface area contributed by atoms with Crippen LogP contribution in [-0.4, -0.2) is 10.7 Å². The number of halogens is 3. The highest BCUT2D eigenvalue weighted by atomic mass is 19.2. The molecule has 1 N–H and O–H groups in total. The average Bonchev–Trinajstić information content (AvgIpc) is 2.63. The number of hydrogen-bond acceptors (Lipinski definition) is 1. The molecule has 0 spiro atoms. The smallest absolute Gasteiger partial charge is 0.194 e. The Balaban J connectivity index is 2.85. The van der Waals surface area contributed by atoms with Gasteiger partial charge >= 0.3 is 0 Å². The Hall–Kier alpha value is -1.03. The van der Waals surface area contributed by atoms with Crippen LogP contribution in [0.25, 0.3) is 0 Å². The lowest BCUT2D eigenvalue weighted by atomic mass is 9.67. The number of aliphatic hydroxyl groups is 1. The van der Waals surface area contributed by atoms with Gasteiger partial charge in [0.05, 0.1) is 5.60 Å². The summed E-state index contributed by atoms with van der Waals surface area (Å²) in [6.07, 6.45) is 9.06. The van der Waals surface area contributed by atoms with E-state index in [2.05, 4.69) is 6.92 Å². The molecule has 162 valence electrons. The minimum Gasteiger partial charge on any atom is -0.389 e. The largest absolute Gasteiger partial charge is 0.389 e. The van der Waals surface area contributed by atoms with Gasteiger partial charge in [0.2, 0.25) is 0 Å². The van der Waals surface area contributed by atoms with Crippen LogP contribution in [0.1, 0.15) is 91.5 Å². The van der Waals surface area contributed by atoms with Gasteiger partial charge in [0.1, 0.15) is 0 Å². The van der Waals surface area contributed by atoms with Crippen LogP contribution in [-0.2, 0) is 6.42 Å². The molecule has 1 rings (SSSR count). The van der Waals surface area contributed by atoms with E-state index in [1.807, 2.05) is 27.7 Å². The molecule has 0 aliphatic carbocycles. The third-order valence-electron chi connectivity index (χ3n) is 6.23. The lowest BCUT2D eigenvalue weighted by Crippen LogP contribution is -2.48. The summed E-state index contributed by atoms with van der Waals surface area (Å²) in [5, 5.41) is 11.5. The molecule has 1 aromatic rings. The first-order chi connectivity index (χ1) is 13.1. The third kappa shape index (κ3) is 6.79. The van der Waals surface area contributed by atoms with Crippen LogP contribution >= 0.6 is 0 Å². The van der Waals surface area contributed by atoms with E-state index < -0.39 is 23.1 Å². The van der Waals surface area contributed by atoms with E-state index in [0.29, 0.717) is 18.4 Å². The predicted molar refractivity (Wildman–Crippen MR) is 111 cm³/mol. The Bertz CT molecular complexity index is 552. The predicted octanol–water partition coefficient (Wildman–Crippen LogP) is 7.45. The maximum absolute atomic E-state index is 13.5. The first-order valence-electron chi connectivity index (χ1n) is 11.0. The van der Waals surface area contributed by atoms with Gasteiger partial charge in [0.15, 0.2) is 17.5 Å². The zero-order valence-electron chi connectivity index (χ0n) is 18.3. The molecule has 0 heterocycles. The molecule has 0 saturated carbocycles. The van der Waals surface area contributed by atoms with Gasteiger partial charge in [-0.15, -0.1) is 0 Å². The molecular formula is C24H39F3O. The van der Waals surface area contributed by atoms with Gasteiger partial charge in [0.25, 0.3) is 0 Å². The van der Waals surface area contributed by atoms with Crippen molar-refractivity contribution in [3.05, 3.63) is 35.1 Å². The van der Waals surface area contributed by atoms with Crippen molar-refractivity contribution in [3.8, 4) is 0 Å². The number of rotatable bonds is 13. The fraction of sp³-hybridized carbons (Fsp3) is 0.750. The first kappa shape index (κ1) is 25.0. The number of benzene rings is 1. The fourth-order valence-corrected chi connectivity index (χ4v) is 4.48. The zero-order valence-corrected chi connectivity index (χ0v) is 18.3. The summed E-state index contributed by atoms with van der Waals surface area (Å²) in [6, 6.07) is 2.15. The third-order valence-corrected chi connectivity index (χ3v) is 6.23. The second-order valence-electron chi connectivity index (χ2n) is 8.86. The summed E-state index contributed by atoms with van der Waals surface area (Å²) >= 11 is 0. The molecule has 0 amide bonds. The van der Waals surface area contributed by atoms with Crippen LogP contribution in [0.5, 0.6) is 0 Å². The summed E-state index contributed by atoms with van der Waals surface area (Å²) in [6.45, 7) is 10.3. The van der Waals surface area contributed by atoms with Crippen molar-refractivity contribution in [1.82, 2.24) is 0 Å². The molecular weight excluding hydrogens is 361 g/mol. The Morgan fingerprint density at radius 1 is 0.821 bits per heavy atom. The maximum atomic E-state index is 13.5. The van der Waals surface area contributed by atoms with E-state index in [1.165, 1.54) is 25.7 Å². The maximum Gasteiger partial charge on any atom is 0.194 e. The molecule has 0 aromatic heterocycles. The van der Waals surface area contributed by atoms with Gasteiger partial charge < -0.3 is 5.11 Å². The second-order valence-corrected chi connectivity index (χ2v) is 8.86. The van der Waals surface area contributed by atoms with Gasteiger partial charge in [-0.05, 0) is 54.7 Å². The van der Waals surface area contributed by atoms with E-state index in [0.717, 1.165) is 31.4 Å². The van der Waals surface area contributed by atoms with Gasteiger partial charge in [-0.25, -0.2) is 13.2 Å². The topological polar surface area (TPSA) is 20.2 Å². The number of unbranched alkanes of at least 4 members (excludes halogenated alkanes) is 5. The highest BCUT2D eigenvalue weighted by molar-refractivity contribution is 5.19. The van der Waals surface area contributed by atoms with Crippen LogP contribution in [0.3, 0.4) is 0 Å². The molecule has 0 aliphatic rings. The quantitative estimate of drug-likeness (QED) is 0.269. The molecule has 1 atom stereocenters. The molecule has 0 saturated heterocycles. The van der Waals surface area contributed by atoms with E-state index in [9.17, 15) is 18.3 Å². The summed E-state index contributed by atoms with van der Waals surface area (Å²) in [5.41, 5.74) is -0.389. The summed E-state index contributed by atoms with van der Waals surface area (Å²) in [5.74, 6) is -3.52. The molecule has 4 heteroatoms. The average molecular weight is 401 g/mol. The standard InChI is InChI=1S/C24H39F3O/c1-6-7-8-9-10-11-12-20(24(28,17(2)3)18(4)5)14-13-19-15-21(25)23(27)22(26)16-19/h15-18,20,28H,6-14H2,1-5H3. The highest BCUT2D eigenvalue weighted by Crippen LogP contribution is 2.39. The van der Waals surface area contributed by atoms with Crippen molar-refractivity contribution in [2.24, 2.45) is 17.8 Å². The molecule has 0 aliphatic heterocycles. The van der Waals surface area contributed by atoms with Crippen molar-refractivity contribution >= 4 is 0 Å². The van der Waals surface area contributed by atoms with Crippen LogP contribution in [0, 0.1) is 35.2 Å². The minimum absolute atomic E-state index is 0.0369. The first-order valence-corrected chi connectivity index (χ1v) is 11.0. The lowest BCUT2D eigenvalue weighted by molar-refractivity contribution is -0.101. The van der Waals surface area contributed by atoms with Crippen molar-refractivity contribution in [3.63, 3.8) is 0 Å². The Kier molecular flexibility index (Phi) is 10.6. The molecule has 1 aromatic carbocycles. The minimum atomic E-state index is -1.42. The number of aryl methyl sites for hydroxylation is 1. The summed E-state index contributed by atoms with van der Waals surface area (Å²) in [7, 11) is 0. The molecule has 1 unspecified atom stereocenters.